The van der Waals surface area contributed by atoms with E-state index in [1.54, 1.807) is 0 Å². The molecule has 1 atom stereocenters. The number of benzene rings is 2. The lowest BCUT2D eigenvalue weighted by Crippen LogP contribution is -2.55. The Balaban J connectivity index is 1.92. The predicted octanol–water partition coefficient (Wildman–Crippen LogP) is 3.35. The summed E-state index contributed by atoms with van der Waals surface area (Å²) in [5.74, 6) is -1.58. The average Bonchev–Trinajstić information content (AvgIpc) is 3.38. The van der Waals surface area contributed by atoms with Crippen LogP contribution in [0.5, 0.6) is 0 Å². The molecule has 10 heteroatoms. The number of anilines is 1. The van der Waals surface area contributed by atoms with Crippen LogP contribution < -0.4 is 9.62 Å². The van der Waals surface area contributed by atoms with Crippen LogP contribution in [-0.2, 0) is 26.2 Å². The Labute approximate surface area is 219 Å². The number of hydrogen-bond donors (Lipinski definition) is 1. The van der Waals surface area contributed by atoms with Gasteiger partial charge in [-0.2, -0.15) is 12.7 Å². The van der Waals surface area contributed by atoms with Crippen molar-refractivity contribution in [1.29, 1.82) is 0 Å². The lowest BCUT2D eigenvalue weighted by atomic mass is 10.1. The highest BCUT2D eigenvalue weighted by atomic mass is 32.2. The Morgan fingerprint density at radius 2 is 1.65 bits per heavy atom. The van der Waals surface area contributed by atoms with Gasteiger partial charge in [0.15, 0.2) is 0 Å². The molecule has 0 heterocycles. The Morgan fingerprint density at radius 1 is 1.03 bits per heavy atom. The number of para-hydroxylation sites is 1. The quantitative estimate of drug-likeness (QED) is 0.454. The van der Waals surface area contributed by atoms with Gasteiger partial charge in [-0.1, -0.05) is 62.2 Å². The van der Waals surface area contributed by atoms with E-state index < -0.39 is 34.5 Å². The van der Waals surface area contributed by atoms with Crippen LogP contribution in [0.2, 0.25) is 0 Å². The van der Waals surface area contributed by atoms with Gasteiger partial charge in [0.05, 0.1) is 5.69 Å². The highest BCUT2D eigenvalue weighted by Crippen LogP contribution is 2.24. The summed E-state index contributed by atoms with van der Waals surface area (Å²) < 4.78 is 42.7. The Kier molecular flexibility index (Phi) is 10.0. The zero-order valence-electron chi connectivity index (χ0n) is 21.8. The molecule has 0 aromatic heterocycles. The molecule has 1 fully saturated rings. The van der Waals surface area contributed by atoms with Gasteiger partial charge >= 0.3 is 10.2 Å². The number of halogens is 1. The highest BCUT2D eigenvalue weighted by Gasteiger charge is 2.35. The largest absolute Gasteiger partial charge is 0.352 e. The molecular weight excluding hydrogens is 495 g/mol. The second-order valence-corrected chi connectivity index (χ2v) is 11.6. The van der Waals surface area contributed by atoms with Gasteiger partial charge in [-0.15, -0.1) is 0 Å². The van der Waals surface area contributed by atoms with E-state index in [4.69, 9.17) is 0 Å². The van der Waals surface area contributed by atoms with Crippen LogP contribution in [0, 0.1) is 5.82 Å². The summed E-state index contributed by atoms with van der Waals surface area (Å²) in [6.07, 6.45) is 4.76. The van der Waals surface area contributed by atoms with Crippen molar-refractivity contribution in [2.75, 3.05) is 31.5 Å². The molecule has 3 rings (SSSR count). The van der Waals surface area contributed by atoms with Crippen molar-refractivity contribution in [1.82, 2.24) is 14.5 Å². The summed E-state index contributed by atoms with van der Waals surface area (Å²) in [6, 6.07) is 14.3. The van der Waals surface area contributed by atoms with Gasteiger partial charge in [-0.05, 0) is 43.4 Å². The maximum absolute atomic E-state index is 14.7. The van der Waals surface area contributed by atoms with Crippen LogP contribution in [-0.4, -0.2) is 68.7 Å². The molecule has 8 nitrogen and oxygen atoms in total. The lowest BCUT2D eigenvalue weighted by Gasteiger charge is -2.34. The molecule has 0 aliphatic heterocycles. The van der Waals surface area contributed by atoms with Crippen molar-refractivity contribution in [2.45, 2.75) is 57.5 Å². The molecule has 1 N–H and O–H groups in total. The molecule has 37 heavy (non-hydrogen) atoms. The van der Waals surface area contributed by atoms with Crippen molar-refractivity contribution >= 4 is 27.7 Å². The predicted molar refractivity (Wildman–Crippen MR) is 143 cm³/mol. The van der Waals surface area contributed by atoms with Crippen LogP contribution in [0.15, 0.2) is 54.6 Å². The fourth-order valence-electron chi connectivity index (χ4n) is 4.62. The highest BCUT2D eigenvalue weighted by molar-refractivity contribution is 7.90. The van der Waals surface area contributed by atoms with Crippen LogP contribution in [0.25, 0.3) is 0 Å². The second kappa shape index (κ2) is 13.0. The number of nitrogens with one attached hydrogen (secondary N) is 1. The summed E-state index contributed by atoms with van der Waals surface area (Å²) in [5.41, 5.74) is 0.759. The first kappa shape index (κ1) is 28.6. The summed E-state index contributed by atoms with van der Waals surface area (Å²) in [6.45, 7) is 1.41. The minimum absolute atomic E-state index is 0.0802. The topological polar surface area (TPSA) is 90.0 Å². The number of rotatable bonds is 12. The smallest absolute Gasteiger partial charge is 0.304 e. The van der Waals surface area contributed by atoms with Gasteiger partial charge in [0.25, 0.3) is 0 Å². The fourth-order valence-corrected chi connectivity index (χ4v) is 5.68. The Hall–Kier alpha value is -2.98. The van der Waals surface area contributed by atoms with Crippen molar-refractivity contribution < 1.29 is 22.4 Å². The van der Waals surface area contributed by atoms with Gasteiger partial charge in [0.1, 0.15) is 18.4 Å². The first-order chi connectivity index (χ1) is 17.6. The van der Waals surface area contributed by atoms with Crippen LogP contribution in [0.3, 0.4) is 0 Å². The van der Waals surface area contributed by atoms with Crippen LogP contribution in [0.4, 0.5) is 10.1 Å². The number of carbonyl (C=O) groups is 2. The van der Waals surface area contributed by atoms with Gasteiger partial charge in [0, 0.05) is 26.7 Å². The summed E-state index contributed by atoms with van der Waals surface area (Å²) >= 11 is 0. The van der Waals surface area contributed by atoms with E-state index in [-0.39, 0.29) is 24.2 Å². The van der Waals surface area contributed by atoms with Crippen LogP contribution in [0.1, 0.15) is 44.6 Å². The van der Waals surface area contributed by atoms with E-state index in [0.29, 0.717) is 12.8 Å². The van der Waals surface area contributed by atoms with Gasteiger partial charge in [-0.3, -0.25) is 9.59 Å². The molecule has 1 aliphatic rings. The molecule has 0 unspecified atom stereocenters. The van der Waals surface area contributed by atoms with E-state index in [1.807, 2.05) is 37.3 Å². The van der Waals surface area contributed by atoms with E-state index in [0.717, 1.165) is 45.9 Å². The fraction of sp³-hybridized carbons (Fsp3) is 0.481. The zero-order chi connectivity index (χ0) is 27.0. The maximum atomic E-state index is 14.7. The Morgan fingerprint density at radius 3 is 2.24 bits per heavy atom. The molecule has 202 valence electrons. The molecular formula is C27H37FN4O4S. The third-order valence-corrected chi connectivity index (χ3v) is 8.52. The molecule has 1 saturated carbocycles. The number of amides is 2. The minimum Gasteiger partial charge on any atom is -0.352 e. The van der Waals surface area contributed by atoms with Crippen molar-refractivity contribution in [3.8, 4) is 0 Å². The maximum Gasteiger partial charge on any atom is 0.304 e. The molecule has 0 saturated heterocycles. The summed E-state index contributed by atoms with van der Waals surface area (Å²) in [7, 11) is -1.55. The van der Waals surface area contributed by atoms with Gasteiger partial charge < -0.3 is 10.2 Å². The molecule has 2 aromatic rings. The molecule has 0 spiro atoms. The first-order valence-electron chi connectivity index (χ1n) is 12.7. The van der Waals surface area contributed by atoms with E-state index in [2.05, 4.69) is 5.32 Å². The van der Waals surface area contributed by atoms with E-state index in [9.17, 15) is 22.4 Å². The second-order valence-electron chi connectivity index (χ2n) is 9.48. The monoisotopic (exact) mass is 532 g/mol. The van der Waals surface area contributed by atoms with Gasteiger partial charge in [0.2, 0.25) is 11.8 Å². The zero-order valence-corrected chi connectivity index (χ0v) is 22.6. The average molecular weight is 533 g/mol. The summed E-state index contributed by atoms with van der Waals surface area (Å²) in [5, 5.41) is 3.07. The molecule has 2 amide bonds. The third kappa shape index (κ3) is 7.29. The molecule has 0 bridgehead atoms. The molecule has 0 radical (unpaired) electrons. The normalized spacial score (nSPS) is 14.9. The lowest BCUT2D eigenvalue weighted by molar-refractivity contribution is -0.139. The number of nitrogens with zero attached hydrogens (tertiary/aromatic N) is 3. The van der Waals surface area contributed by atoms with Crippen molar-refractivity contribution in [3.05, 3.63) is 66.0 Å². The molecule has 1 aliphatic carbocycles. The Bertz CT molecular complexity index is 1150. The van der Waals surface area contributed by atoms with E-state index in [1.165, 1.54) is 37.2 Å². The minimum atomic E-state index is -4.20. The van der Waals surface area contributed by atoms with Crippen molar-refractivity contribution in [3.63, 3.8) is 0 Å². The first-order valence-corrected chi connectivity index (χ1v) is 14.1. The SMILES string of the molecule is CC[C@H](C(=O)NC1CCCC1)N(CCc1ccccc1)C(=O)CN(c1ccccc1F)S(=O)(=O)N(C)C. The molecule has 2 aromatic carbocycles. The van der Waals surface area contributed by atoms with E-state index >= 15 is 0 Å². The van der Waals surface area contributed by atoms with Crippen molar-refractivity contribution in [2.24, 2.45) is 0 Å². The number of carbonyl (C=O) groups excluding carboxylic acids is 2. The van der Waals surface area contributed by atoms with Gasteiger partial charge in [-0.25, -0.2) is 8.70 Å². The standard InChI is InChI=1S/C27H37FN4O4S/c1-4-24(27(34)29-22-14-8-9-15-22)31(19-18-21-12-6-5-7-13-21)26(33)20-32(37(35,36)30(2)3)25-17-11-10-16-23(25)28/h5-7,10-13,16-17,22,24H,4,8-9,14-15,18-20H2,1-3H3,(H,29,34)/t24-/m1/s1. The third-order valence-electron chi connectivity index (χ3n) is 6.71. The van der Waals surface area contributed by atoms with Crippen LogP contribution >= 0.6 is 0 Å². The number of hydrogen-bond acceptors (Lipinski definition) is 4. The summed E-state index contributed by atoms with van der Waals surface area (Å²) in [4.78, 5) is 28.5.